The van der Waals surface area contributed by atoms with E-state index in [1.54, 1.807) is 50.2 Å². The van der Waals surface area contributed by atoms with Crippen LogP contribution in [0, 0.1) is 0 Å². The number of allylic oxidation sites excluding steroid dienone is 1. The van der Waals surface area contributed by atoms with Gasteiger partial charge in [0.25, 0.3) is 6.43 Å². The van der Waals surface area contributed by atoms with E-state index >= 15 is 8.78 Å². The topological polar surface area (TPSA) is 124 Å². The first-order valence-corrected chi connectivity index (χ1v) is 16.2. The lowest BCUT2D eigenvalue weighted by Crippen LogP contribution is -2.55. The highest BCUT2D eigenvalue weighted by atomic mass is 35.5. The Balaban J connectivity index is 1.69. The molecule has 1 fully saturated rings. The summed E-state index contributed by atoms with van der Waals surface area (Å²) in [5, 5.41) is 13.8. The lowest BCUT2D eigenvalue weighted by Gasteiger charge is -2.34. The van der Waals surface area contributed by atoms with Crippen molar-refractivity contribution < 1.29 is 55.6 Å². The summed E-state index contributed by atoms with van der Waals surface area (Å²) in [6.07, 6.45) is -10.8. The van der Waals surface area contributed by atoms with Gasteiger partial charge in [-0.05, 0) is 44.0 Å². The number of halogens is 5. The largest absolute Gasteiger partial charge is 0.462 e. The molecule has 0 spiro atoms. The van der Waals surface area contributed by atoms with E-state index in [9.17, 15) is 28.3 Å². The van der Waals surface area contributed by atoms with Crippen LogP contribution >= 0.6 is 18.2 Å². The van der Waals surface area contributed by atoms with Gasteiger partial charge in [-0.25, -0.2) is 13.9 Å². The molecule has 0 aliphatic carbocycles. The molecule has 2 aromatic rings. The number of hydrogen-bond acceptors (Lipinski definition) is 9. The maximum Gasteiger partial charge on any atom is 0.323 e. The summed E-state index contributed by atoms with van der Waals surface area (Å²) >= 11 is 11.3. The van der Waals surface area contributed by atoms with Crippen molar-refractivity contribution in [1.29, 1.82) is 0 Å². The van der Waals surface area contributed by atoms with Crippen LogP contribution in [0.3, 0.4) is 0 Å². The third-order valence-electron chi connectivity index (χ3n) is 6.71. The van der Waals surface area contributed by atoms with E-state index in [-0.39, 0.29) is 10.6 Å². The van der Waals surface area contributed by atoms with Crippen molar-refractivity contribution in [3.8, 4) is 5.75 Å². The van der Waals surface area contributed by atoms with Crippen molar-refractivity contribution in [2.45, 2.75) is 69.6 Å². The summed E-state index contributed by atoms with van der Waals surface area (Å²) in [6, 6.07) is 10.5. The fraction of sp³-hybridized carbons (Fsp3) is 0.444. The number of hydrogen-bond donors (Lipinski definition) is 2. The quantitative estimate of drug-likeness (QED) is 0.150. The highest BCUT2D eigenvalue weighted by Crippen LogP contribution is 2.52. The van der Waals surface area contributed by atoms with E-state index in [4.69, 9.17) is 41.9 Å². The predicted molar refractivity (Wildman–Crippen MR) is 154 cm³/mol. The summed E-state index contributed by atoms with van der Waals surface area (Å²) in [6.45, 7) is -1.07. The number of rotatable bonds is 11. The van der Waals surface area contributed by atoms with Crippen molar-refractivity contribution in [1.82, 2.24) is 9.99 Å². The molecule has 0 radical (unpaired) electrons. The molecule has 2 aliphatic heterocycles. The highest BCUT2D eigenvalue weighted by molar-refractivity contribution is 8.09. The van der Waals surface area contributed by atoms with Gasteiger partial charge in [-0.3, -0.25) is 19.3 Å². The smallest absolute Gasteiger partial charge is 0.323 e. The Morgan fingerprint density at radius 1 is 1.20 bits per heavy atom. The molecular formula is C27H28ClF4N2O8PS. The molecule has 2 aromatic carbocycles. The van der Waals surface area contributed by atoms with E-state index < -0.39 is 84.8 Å². The molecule has 240 valence electrons. The van der Waals surface area contributed by atoms with Gasteiger partial charge in [0.2, 0.25) is 12.1 Å². The molecule has 2 heterocycles. The number of nitrogens with zero attached hydrogens (tertiary/aromatic N) is 1. The van der Waals surface area contributed by atoms with Crippen LogP contribution in [0.4, 0.5) is 17.6 Å². The van der Waals surface area contributed by atoms with Crippen molar-refractivity contribution in [3.63, 3.8) is 0 Å². The van der Waals surface area contributed by atoms with Crippen LogP contribution in [-0.2, 0) is 40.2 Å². The molecule has 1 unspecified atom stereocenters. The number of nitrogens with one attached hydrogen (secondary N) is 1. The third-order valence-corrected chi connectivity index (χ3v) is 9.49. The Bertz CT molecular complexity index is 1530. The van der Waals surface area contributed by atoms with E-state index in [0.29, 0.717) is 17.0 Å². The maximum atomic E-state index is 15.4. The number of benzene rings is 2. The van der Waals surface area contributed by atoms with E-state index in [2.05, 4.69) is 5.09 Å². The van der Waals surface area contributed by atoms with Crippen molar-refractivity contribution in [3.05, 3.63) is 53.7 Å². The first-order chi connectivity index (χ1) is 20.5. The fourth-order valence-corrected chi connectivity index (χ4v) is 7.08. The number of carbonyl (C=O) groups is 3. The van der Waals surface area contributed by atoms with Gasteiger partial charge in [0.05, 0.1) is 19.1 Å². The number of ether oxygens (including phenoxy) is 2. The number of alkyl halides is 4. The Morgan fingerprint density at radius 2 is 1.86 bits per heavy atom. The van der Waals surface area contributed by atoms with E-state index in [0.717, 1.165) is 0 Å². The number of esters is 1. The molecule has 4 rings (SSSR count). The van der Waals surface area contributed by atoms with Crippen LogP contribution in [0.5, 0.6) is 5.75 Å². The molecule has 2 aliphatic rings. The number of Topliss-reactive ketones (excluding diaryl/α,β-unsaturated/α-hetero) is 1. The minimum absolute atomic E-state index is 0.119. The van der Waals surface area contributed by atoms with Gasteiger partial charge in [0, 0.05) is 11.6 Å². The number of ketones is 1. The molecule has 10 nitrogen and oxygen atoms in total. The average molecular weight is 683 g/mol. The van der Waals surface area contributed by atoms with Gasteiger partial charge in [-0.2, -0.15) is 8.78 Å². The molecule has 0 saturated carbocycles. The van der Waals surface area contributed by atoms with Gasteiger partial charge in [-0.15, -0.1) is 0 Å². The summed E-state index contributed by atoms with van der Waals surface area (Å²) < 4.78 is 81.9. The van der Waals surface area contributed by atoms with Crippen molar-refractivity contribution in [2.24, 2.45) is 0 Å². The van der Waals surface area contributed by atoms with Gasteiger partial charge >= 0.3 is 18.5 Å². The monoisotopic (exact) mass is 682 g/mol. The fourth-order valence-electron chi connectivity index (χ4n) is 4.48. The van der Waals surface area contributed by atoms with Gasteiger partial charge in [-0.1, -0.05) is 48.0 Å². The Hall–Kier alpha value is -2.65. The molecular weight excluding hydrogens is 655 g/mol. The number of aliphatic hydroxyl groups is 1. The van der Waals surface area contributed by atoms with Crippen LogP contribution in [0.25, 0.3) is 10.8 Å². The van der Waals surface area contributed by atoms with Crippen LogP contribution in [0.2, 0.25) is 0 Å². The molecule has 1 amide bonds. The SMILES string of the molecule is CC(C)OC(=O)[C@H](C)NP(=S)(OC[C@@]1(C(F)F)O[C@@H](N2C=C(Cl)C(=O)CC2=O)C(F)(F)[C@@H]1O)Oc1cccc2ccccc12. The van der Waals surface area contributed by atoms with Crippen molar-refractivity contribution >= 4 is 58.5 Å². The second-order valence-corrected chi connectivity index (χ2v) is 13.9. The maximum absolute atomic E-state index is 15.4. The zero-order chi connectivity index (χ0) is 32.6. The molecule has 2 N–H and O–H groups in total. The van der Waals surface area contributed by atoms with E-state index in [1.807, 2.05) is 0 Å². The van der Waals surface area contributed by atoms with Gasteiger partial charge in [0.15, 0.2) is 17.5 Å². The third kappa shape index (κ3) is 6.79. The second kappa shape index (κ2) is 13.0. The Morgan fingerprint density at radius 3 is 2.52 bits per heavy atom. The zero-order valence-electron chi connectivity index (χ0n) is 23.4. The predicted octanol–water partition coefficient (Wildman–Crippen LogP) is 4.63. The summed E-state index contributed by atoms with van der Waals surface area (Å²) in [7, 11) is 0. The van der Waals surface area contributed by atoms with Crippen LogP contribution in [-0.4, -0.2) is 76.7 Å². The molecule has 0 bridgehead atoms. The normalized spacial score (nSPS) is 25.7. The highest BCUT2D eigenvalue weighted by Gasteiger charge is 2.72. The van der Waals surface area contributed by atoms with Gasteiger partial charge in [0.1, 0.15) is 16.8 Å². The minimum Gasteiger partial charge on any atom is -0.462 e. The van der Waals surface area contributed by atoms with E-state index in [1.165, 1.54) is 13.0 Å². The first-order valence-electron chi connectivity index (χ1n) is 13.1. The summed E-state index contributed by atoms with van der Waals surface area (Å²) in [5.41, 5.74) is -3.45. The average Bonchev–Trinajstić information content (AvgIpc) is 3.15. The Labute approximate surface area is 259 Å². The zero-order valence-corrected chi connectivity index (χ0v) is 25.9. The lowest BCUT2D eigenvalue weighted by atomic mass is 9.95. The summed E-state index contributed by atoms with van der Waals surface area (Å²) in [4.78, 5) is 36.9. The minimum atomic E-state index is -4.50. The molecule has 1 saturated heterocycles. The van der Waals surface area contributed by atoms with Crippen LogP contribution in [0.15, 0.2) is 53.7 Å². The number of fused-ring (bicyclic) bond motifs is 1. The second-order valence-electron chi connectivity index (χ2n) is 10.4. The number of aliphatic hydroxyl groups excluding tert-OH is 1. The van der Waals surface area contributed by atoms with Crippen LogP contribution in [0.1, 0.15) is 27.2 Å². The Kier molecular flexibility index (Phi) is 10.1. The molecule has 5 atom stereocenters. The molecule has 44 heavy (non-hydrogen) atoms. The number of amides is 1. The van der Waals surface area contributed by atoms with Gasteiger partial charge < -0.3 is 23.6 Å². The number of carbonyl (C=O) groups excluding carboxylic acids is 3. The summed E-state index contributed by atoms with van der Waals surface area (Å²) in [5.74, 6) is -7.27. The van der Waals surface area contributed by atoms with Crippen molar-refractivity contribution in [2.75, 3.05) is 6.61 Å². The molecule has 17 heteroatoms. The standard InChI is InChI=1S/C27H28ClF4N2O8PS/c1-14(2)40-22(37)15(3)33-43(44,42-20-10-6-8-16-7-4-5-9-17(16)20)39-13-26(24(29)30)23(38)27(31,32)25(41-26)34-12-18(28)19(35)11-21(34)36/h4-10,12,14-15,23-25,38H,11,13H2,1-3H3,(H,33,44)/t15-,23+,25+,26+,43?/m0/s1. The first kappa shape index (κ1) is 34.2. The molecule has 0 aromatic heterocycles. The lowest BCUT2D eigenvalue weighted by molar-refractivity contribution is -0.201. The van der Waals surface area contributed by atoms with Crippen LogP contribution < -0.4 is 9.61 Å².